The maximum atomic E-state index is 11.4. The third-order valence-electron chi connectivity index (χ3n) is 2.31. The van der Waals surface area contributed by atoms with Crippen LogP contribution in [0.15, 0.2) is 30.3 Å². The number of esters is 1. The summed E-state index contributed by atoms with van der Waals surface area (Å²) in [5.41, 5.74) is 1.11. The summed E-state index contributed by atoms with van der Waals surface area (Å²) in [5.74, 6) is -0.302. The fourth-order valence-electron chi connectivity index (χ4n) is 1.41. The van der Waals surface area contributed by atoms with Crippen LogP contribution in [-0.4, -0.2) is 31.0 Å². The molecule has 0 fully saturated rings. The van der Waals surface area contributed by atoms with Crippen molar-refractivity contribution >= 4 is 5.97 Å². The van der Waals surface area contributed by atoms with Gasteiger partial charge in [-0.3, -0.25) is 9.69 Å². The van der Waals surface area contributed by atoms with Crippen LogP contribution in [0.4, 0.5) is 0 Å². The predicted octanol–water partition coefficient (Wildman–Crippen LogP) is 1.49. The number of benzene rings is 1. The topological polar surface area (TPSA) is 29.5 Å². The fourth-order valence-corrected chi connectivity index (χ4v) is 1.41. The number of rotatable bonds is 4. The molecule has 0 amide bonds. The number of carbonyl (C=O) groups is 1. The molecule has 1 atom stereocenters. The molecule has 0 saturated carbocycles. The zero-order valence-electron chi connectivity index (χ0n) is 9.14. The van der Waals surface area contributed by atoms with Gasteiger partial charge >= 0.3 is 5.97 Å². The number of nitrogens with zero attached hydrogens (tertiary/aromatic N) is 1. The van der Waals surface area contributed by atoms with Crippen LogP contribution in [0, 0.1) is 7.11 Å². The van der Waals surface area contributed by atoms with Gasteiger partial charge in [-0.2, -0.15) is 0 Å². The predicted molar refractivity (Wildman–Crippen MR) is 59.1 cm³/mol. The minimum Gasteiger partial charge on any atom is -0.461 e. The maximum absolute atomic E-state index is 11.4. The number of ether oxygens (including phenoxy) is 1. The van der Waals surface area contributed by atoms with Crippen LogP contribution >= 0.6 is 0 Å². The van der Waals surface area contributed by atoms with E-state index in [0.29, 0.717) is 6.42 Å². The number of likely N-dealkylation sites (N-methyl/N-ethyl adjacent to an activating group) is 1. The molecule has 0 heterocycles. The van der Waals surface area contributed by atoms with Gasteiger partial charge in [0.05, 0.1) is 0 Å². The second-order valence-corrected chi connectivity index (χ2v) is 3.63. The van der Waals surface area contributed by atoms with Gasteiger partial charge in [-0.15, -0.1) is 0 Å². The molecule has 0 aliphatic heterocycles. The molecule has 0 spiro atoms. The van der Waals surface area contributed by atoms with Crippen molar-refractivity contribution in [3.8, 4) is 0 Å². The molecule has 1 rings (SSSR count). The molecule has 1 aromatic rings. The average Bonchev–Trinajstić information content (AvgIpc) is 2.26. The number of carbonyl (C=O) groups excluding carboxylic acids is 1. The first-order valence-corrected chi connectivity index (χ1v) is 4.81. The van der Waals surface area contributed by atoms with Crippen molar-refractivity contribution in [2.24, 2.45) is 0 Å². The largest absolute Gasteiger partial charge is 0.461 e. The van der Waals surface area contributed by atoms with Gasteiger partial charge in [0.2, 0.25) is 0 Å². The summed E-state index contributed by atoms with van der Waals surface area (Å²) < 4.78 is 4.52. The Morgan fingerprint density at radius 2 is 2.00 bits per heavy atom. The summed E-state index contributed by atoms with van der Waals surface area (Å²) in [7, 11) is 6.86. The summed E-state index contributed by atoms with van der Waals surface area (Å²) in [5, 5.41) is 0. The van der Waals surface area contributed by atoms with E-state index in [-0.39, 0.29) is 12.0 Å². The zero-order chi connectivity index (χ0) is 11.3. The van der Waals surface area contributed by atoms with Crippen molar-refractivity contribution in [1.29, 1.82) is 0 Å². The molecule has 0 aliphatic carbocycles. The van der Waals surface area contributed by atoms with Crippen molar-refractivity contribution in [2.45, 2.75) is 12.5 Å². The van der Waals surface area contributed by atoms with Gasteiger partial charge in [0.1, 0.15) is 13.2 Å². The summed E-state index contributed by atoms with van der Waals surface area (Å²) in [4.78, 5) is 13.3. The molecular formula is C12H16NO2. The van der Waals surface area contributed by atoms with Gasteiger partial charge in [0, 0.05) is 0 Å². The Morgan fingerprint density at radius 1 is 1.40 bits per heavy atom. The summed E-state index contributed by atoms with van der Waals surface area (Å²) >= 11 is 0. The van der Waals surface area contributed by atoms with Crippen molar-refractivity contribution < 1.29 is 9.53 Å². The Balaban J connectivity index is 2.72. The maximum Gasteiger partial charge on any atom is 0.323 e. The molecule has 3 heteroatoms. The molecular weight excluding hydrogens is 190 g/mol. The second kappa shape index (κ2) is 5.51. The zero-order valence-corrected chi connectivity index (χ0v) is 9.14. The number of hydrogen-bond donors (Lipinski definition) is 0. The van der Waals surface area contributed by atoms with Crippen LogP contribution in [0.5, 0.6) is 0 Å². The van der Waals surface area contributed by atoms with Crippen molar-refractivity contribution in [2.75, 3.05) is 14.1 Å². The highest BCUT2D eigenvalue weighted by molar-refractivity contribution is 5.76. The lowest BCUT2D eigenvalue weighted by Crippen LogP contribution is -2.38. The van der Waals surface area contributed by atoms with Crippen LogP contribution in [0.3, 0.4) is 0 Å². The van der Waals surface area contributed by atoms with Crippen molar-refractivity contribution in [3.05, 3.63) is 43.0 Å². The van der Waals surface area contributed by atoms with Crippen LogP contribution in [-0.2, 0) is 16.0 Å². The molecule has 0 aliphatic rings. The minimum absolute atomic E-state index is 0.273. The first-order chi connectivity index (χ1) is 7.15. The van der Waals surface area contributed by atoms with Crippen molar-refractivity contribution in [1.82, 2.24) is 4.90 Å². The van der Waals surface area contributed by atoms with E-state index in [9.17, 15) is 4.79 Å². The molecule has 15 heavy (non-hydrogen) atoms. The van der Waals surface area contributed by atoms with Gasteiger partial charge in [0.25, 0.3) is 0 Å². The van der Waals surface area contributed by atoms with E-state index in [4.69, 9.17) is 0 Å². The molecule has 0 aromatic heterocycles. The Hall–Kier alpha value is -1.35. The Morgan fingerprint density at radius 3 is 2.47 bits per heavy atom. The van der Waals surface area contributed by atoms with Gasteiger partial charge in [-0.05, 0) is 26.1 Å². The van der Waals surface area contributed by atoms with Gasteiger partial charge in [-0.25, -0.2) is 0 Å². The quantitative estimate of drug-likeness (QED) is 0.699. The van der Waals surface area contributed by atoms with E-state index in [1.807, 2.05) is 49.3 Å². The third-order valence-corrected chi connectivity index (χ3v) is 2.31. The van der Waals surface area contributed by atoms with E-state index in [2.05, 4.69) is 11.8 Å². The molecule has 1 radical (unpaired) electrons. The Kier molecular flexibility index (Phi) is 4.31. The second-order valence-electron chi connectivity index (χ2n) is 3.63. The number of hydrogen-bond acceptors (Lipinski definition) is 3. The smallest absolute Gasteiger partial charge is 0.323 e. The van der Waals surface area contributed by atoms with Crippen LogP contribution in [0.1, 0.15) is 5.56 Å². The first-order valence-electron chi connectivity index (χ1n) is 4.81. The standard InChI is InChI=1S/C12H16NO2/c1-13(2)11(12(14)15-3)9-10-7-5-4-6-8-10/h4-8,11H,3,9H2,1-2H3. The summed E-state index contributed by atoms with van der Waals surface area (Å²) in [6, 6.07) is 9.58. The molecule has 1 aromatic carbocycles. The lowest BCUT2D eigenvalue weighted by Gasteiger charge is -2.21. The fraction of sp³-hybridized carbons (Fsp3) is 0.333. The normalized spacial score (nSPS) is 12.5. The molecule has 81 valence electrons. The van der Waals surface area contributed by atoms with E-state index in [0.717, 1.165) is 5.56 Å². The lowest BCUT2D eigenvalue weighted by molar-refractivity contribution is -0.143. The monoisotopic (exact) mass is 206 g/mol. The Labute approximate surface area is 90.7 Å². The van der Waals surface area contributed by atoms with E-state index in [1.54, 1.807) is 0 Å². The van der Waals surface area contributed by atoms with Crippen LogP contribution in [0.2, 0.25) is 0 Å². The van der Waals surface area contributed by atoms with Gasteiger partial charge in [0.15, 0.2) is 0 Å². The van der Waals surface area contributed by atoms with Crippen molar-refractivity contribution in [3.63, 3.8) is 0 Å². The average molecular weight is 206 g/mol. The molecule has 1 unspecified atom stereocenters. The molecule has 0 N–H and O–H groups in total. The van der Waals surface area contributed by atoms with E-state index in [1.165, 1.54) is 0 Å². The minimum atomic E-state index is -0.302. The van der Waals surface area contributed by atoms with E-state index >= 15 is 0 Å². The molecule has 3 nitrogen and oxygen atoms in total. The third kappa shape index (κ3) is 3.36. The Bertz CT molecular complexity index is 309. The van der Waals surface area contributed by atoms with E-state index < -0.39 is 0 Å². The summed E-state index contributed by atoms with van der Waals surface area (Å²) in [6.45, 7) is 0. The highest BCUT2D eigenvalue weighted by atomic mass is 16.5. The summed E-state index contributed by atoms with van der Waals surface area (Å²) in [6.07, 6.45) is 0.641. The highest BCUT2D eigenvalue weighted by Crippen LogP contribution is 2.07. The van der Waals surface area contributed by atoms with Crippen LogP contribution in [0.25, 0.3) is 0 Å². The molecule has 0 bridgehead atoms. The first kappa shape index (κ1) is 11.7. The van der Waals surface area contributed by atoms with Gasteiger partial charge < -0.3 is 4.74 Å². The lowest BCUT2D eigenvalue weighted by atomic mass is 10.1. The highest BCUT2D eigenvalue weighted by Gasteiger charge is 2.21. The van der Waals surface area contributed by atoms with Gasteiger partial charge in [-0.1, -0.05) is 30.3 Å². The SMILES string of the molecule is [CH2]OC(=O)C(Cc1ccccc1)N(C)C. The van der Waals surface area contributed by atoms with Crippen LogP contribution < -0.4 is 0 Å². The molecule has 0 saturated heterocycles.